The quantitative estimate of drug-likeness (QED) is 0.751. The van der Waals surface area contributed by atoms with Crippen molar-refractivity contribution in [3.8, 4) is 0 Å². The molecule has 2 rings (SSSR count). The Kier molecular flexibility index (Phi) is 2.47. The SMILES string of the molecule is N[C@H](CCO)c1cnc2ccccn12. The Balaban J connectivity index is 2.42. The van der Waals surface area contributed by atoms with Crippen LogP contribution in [0.2, 0.25) is 0 Å². The third-order valence-corrected chi connectivity index (χ3v) is 2.27. The lowest BCUT2D eigenvalue weighted by molar-refractivity contribution is 0.275. The highest BCUT2D eigenvalue weighted by Crippen LogP contribution is 2.15. The molecule has 3 N–H and O–H groups in total. The molecular weight excluding hydrogens is 178 g/mol. The second kappa shape index (κ2) is 3.77. The van der Waals surface area contributed by atoms with Crippen LogP contribution >= 0.6 is 0 Å². The minimum Gasteiger partial charge on any atom is -0.396 e. The molecule has 0 unspecified atom stereocenters. The third kappa shape index (κ3) is 1.49. The average Bonchev–Trinajstić information content (AvgIpc) is 2.61. The summed E-state index contributed by atoms with van der Waals surface area (Å²) >= 11 is 0. The molecule has 2 aromatic heterocycles. The first kappa shape index (κ1) is 9.18. The zero-order valence-electron chi connectivity index (χ0n) is 7.80. The summed E-state index contributed by atoms with van der Waals surface area (Å²) in [6, 6.07) is 5.64. The van der Waals surface area contributed by atoms with E-state index in [0.29, 0.717) is 6.42 Å². The van der Waals surface area contributed by atoms with Crippen molar-refractivity contribution in [2.45, 2.75) is 12.5 Å². The summed E-state index contributed by atoms with van der Waals surface area (Å²) < 4.78 is 1.94. The summed E-state index contributed by atoms with van der Waals surface area (Å²) in [5, 5.41) is 8.80. The van der Waals surface area contributed by atoms with Gasteiger partial charge in [0.05, 0.1) is 11.9 Å². The van der Waals surface area contributed by atoms with Crippen molar-refractivity contribution in [1.29, 1.82) is 0 Å². The molecule has 4 nitrogen and oxygen atoms in total. The number of hydrogen-bond acceptors (Lipinski definition) is 3. The molecule has 0 aliphatic carbocycles. The monoisotopic (exact) mass is 191 g/mol. The maximum absolute atomic E-state index is 8.80. The number of hydrogen-bond donors (Lipinski definition) is 2. The summed E-state index contributed by atoms with van der Waals surface area (Å²) in [7, 11) is 0. The fourth-order valence-corrected chi connectivity index (χ4v) is 1.51. The predicted octanol–water partition coefficient (Wildman–Crippen LogP) is 0.717. The molecular formula is C10H13N3O. The largest absolute Gasteiger partial charge is 0.396 e. The van der Waals surface area contributed by atoms with E-state index in [9.17, 15) is 0 Å². The Morgan fingerprint density at radius 1 is 1.50 bits per heavy atom. The van der Waals surface area contributed by atoms with Crippen molar-refractivity contribution in [1.82, 2.24) is 9.38 Å². The number of rotatable bonds is 3. The average molecular weight is 191 g/mol. The second-order valence-electron chi connectivity index (χ2n) is 3.23. The van der Waals surface area contributed by atoms with Gasteiger partial charge in [-0.05, 0) is 18.6 Å². The standard InChI is InChI=1S/C10H13N3O/c11-8(4-6-14)9-7-12-10-3-1-2-5-13(9)10/h1-3,5,7-8,14H,4,6,11H2/t8-/m1/s1. The topological polar surface area (TPSA) is 63.5 Å². The van der Waals surface area contributed by atoms with Crippen LogP contribution in [-0.2, 0) is 0 Å². The smallest absolute Gasteiger partial charge is 0.136 e. The van der Waals surface area contributed by atoms with E-state index in [1.807, 2.05) is 28.8 Å². The second-order valence-corrected chi connectivity index (χ2v) is 3.23. The minimum absolute atomic E-state index is 0.0984. The van der Waals surface area contributed by atoms with Crippen LogP contribution in [0.25, 0.3) is 5.65 Å². The summed E-state index contributed by atoms with van der Waals surface area (Å²) in [5.74, 6) is 0. The molecule has 0 bridgehead atoms. The number of pyridine rings is 1. The van der Waals surface area contributed by atoms with E-state index in [4.69, 9.17) is 10.8 Å². The zero-order valence-corrected chi connectivity index (χ0v) is 7.80. The van der Waals surface area contributed by atoms with Gasteiger partial charge in [-0.1, -0.05) is 6.07 Å². The van der Waals surface area contributed by atoms with E-state index in [1.54, 1.807) is 6.20 Å². The lowest BCUT2D eigenvalue weighted by Gasteiger charge is -2.08. The molecule has 0 spiro atoms. The normalized spacial score (nSPS) is 13.3. The Morgan fingerprint density at radius 2 is 2.36 bits per heavy atom. The Labute approximate surface area is 82.0 Å². The molecule has 14 heavy (non-hydrogen) atoms. The number of aliphatic hydroxyl groups is 1. The van der Waals surface area contributed by atoms with Gasteiger partial charge in [-0.25, -0.2) is 4.98 Å². The van der Waals surface area contributed by atoms with Crippen LogP contribution in [0.15, 0.2) is 30.6 Å². The van der Waals surface area contributed by atoms with Crippen molar-refractivity contribution >= 4 is 5.65 Å². The molecule has 0 amide bonds. The van der Waals surface area contributed by atoms with Gasteiger partial charge in [0.2, 0.25) is 0 Å². The molecule has 0 saturated heterocycles. The molecule has 0 aromatic carbocycles. The highest BCUT2D eigenvalue weighted by molar-refractivity contribution is 5.40. The van der Waals surface area contributed by atoms with Gasteiger partial charge < -0.3 is 15.2 Å². The number of aromatic nitrogens is 2. The van der Waals surface area contributed by atoms with Crippen molar-refractivity contribution in [2.24, 2.45) is 5.73 Å². The highest BCUT2D eigenvalue weighted by atomic mass is 16.3. The maximum atomic E-state index is 8.80. The van der Waals surface area contributed by atoms with Gasteiger partial charge in [-0.15, -0.1) is 0 Å². The van der Waals surface area contributed by atoms with Gasteiger partial charge in [-0.2, -0.15) is 0 Å². The van der Waals surface area contributed by atoms with Gasteiger partial charge in [0.1, 0.15) is 5.65 Å². The molecule has 74 valence electrons. The molecule has 0 saturated carbocycles. The molecule has 0 fully saturated rings. The van der Waals surface area contributed by atoms with Crippen molar-refractivity contribution in [3.63, 3.8) is 0 Å². The number of aliphatic hydroxyl groups excluding tert-OH is 1. The zero-order chi connectivity index (χ0) is 9.97. The minimum atomic E-state index is -0.155. The van der Waals surface area contributed by atoms with E-state index in [-0.39, 0.29) is 12.6 Å². The van der Waals surface area contributed by atoms with Crippen molar-refractivity contribution in [3.05, 3.63) is 36.3 Å². The molecule has 0 aliphatic heterocycles. The lowest BCUT2D eigenvalue weighted by atomic mass is 10.2. The summed E-state index contributed by atoms with van der Waals surface area (Å²) in [4.78, 5) is 4.22. The van der Waals surface area contributed by atoms with Gasteiger partial charge in [0, 0.05) is 18.8 Å². The summed E-state index contributed by atoms with van der Waals surface area (Å²) in [6.45, 7) is 0.0984. The molecule has 2 aromatic rings. The van der Waals surface area contributed by atoms with Gasteiger partial charge in [-0.3, -0.25) is 0 Å². The molecule has 1 atom stereocenters. The van der Waals surface area contributed by atoms with Crippen LogP contribution in [0, 0.1) is 0 Å². The van der Waals surface area contributed by atoms with E-state index in [1.165, 1.54) is 0 Å². The molecule has 4 heteroatoms. The van der Waals surface area contributed by atoms with E-state index < -0.39 is 0 Å². The fourth-order valence-electron chi connectivity index (χ4n) is 1.51. The van der Waals surface area contributed by atoms with E-state index >= 15 is 0 Å². The van der Waals surface area contributed by atoms with Gasteiger partial charge >= 0.3 is 0 Å². The van der Waals surface area contributed by atoms with Gasteiger partial charge in [0.25, 0.3) is 0 Å². The third-order valence-electron chi connectivity index (χ3n) is 2.27. The van der Waals surface area contributed by atoms with Crippen molar-refractivity contribution in [2.75, 3.05) is 6.61 Å². The lowest BCUT2D eigenvalue weighted by Crippen LogP contribution is -2.13. The van der Waals surface area contributed by atoms with Gasteiger partial charge in [0.15, 0.2) is 0 Å². The predicted molar refractivity (Wildman–Crippen MR) is 53.8 cm³/mol. The number of nitrogens with zero attached hydrogens (tertiary/aromatic N) is 2. The number of nitrogens with two attached hydrogens (primary N) is 1. The molecule has 2 heterocycles. The van der Waals surface area contributed by atoms with Crippen LogP contribution in [0.3, 0.4) is 0 Å². The van der Waals surface area contributed by atoms with Crippen LogP contribution < -0.4 is 5.73 Å². The fraction of sp³-hybridized carbons (Fsp3) is 0.300. The first-order chi connectivity index (χ1) is 6.83. The van der Waals surface area contributed by atoms with Crippen LogP contribution in [0.4, 0.5) is 0 Å². The first-order valence-corrected chi connectivity index (χ1v) is 4.61. The Bertz CT molecular complexity index is 424. The number of imidazole rings is 1. The molecule has 0 aliphatic rings. The first-order valence-electron chi connectivity index (χ1n) is 4.61. The highest BCUT2D eigenvalue weighted by Gasteiger charge is 2.10. The Hall–Kier alpha value is -1.39. The van der Waals surface area contributed by atoms with Crippen LogP contribution in [0.5, 0.6) is 0 Å². The maximum Gasteiger partial charge on any atom is 0.136 e. The van der Waals surface area contributed by atoms with Crippen LogP contribution in [-0.4, -0.2) is 21.1 Å². The van der Waals surface area contributed by atoms with Crippen LogP contribution in [0.1, 0.15) is 18.2 Å². The van der Waals surface area contributed by atoms with Crippen molar-refractivity contribution < 1.29 is 5.11 Å². The molecule has 0 radical (unpaired) electrons. The summed E-state index contributed by atoms with van der Waals surface area (Å²) in [5.41, 5.74) is 7.72. The van der Waals surface area contributed by atoms with E-state index in [2.05, 4.69) is 4.98 Å². The summed E-state index contributed by atoms with van der Waals surface area (Å²) in [6.07, 6.45) is 4.24. The Morgan fingerprint density at radius 3 is 3.14 bits per heavy atom. The number of fused-ring (bicyclic) bond motifs is 1. The van der Waals surface area contributed by atoms with E-state index in [0.717, 1.165) is 11.3 Å².